The molecule has 1 unspecified atom stereocenters. The smallest absolute Gasteiger partial charge is 0.341 e. The molecular weight excluding hydrogens is 609 g/mol. The zero-order valence-electron chi connectivity index (χ0n) is 20.6. The highest BCUT2D eigenvalue weighted by atomic mass is 35.5. The van der Waals surface area contributed by atoms with Crippen molar-refractivity contribution in [3.05, 3.63) is 81.8 Å². The maximum Gasteiger partial charge on any atom is 0.341 e. The third-order valence-electron chi connectivity index (χ3n) is 5.32. The lowest BCUT2D eigenvalue weighted by Gasteiger charge is -2.19. The van der Waals surface area contributed by atoms with E-state index in [9.17, 15) is 19.7 Å². The summed E-state index contributed by atoms with van der Waals surface area (Å²) in [6.45, 7) is 0. The van der Waals surface area contributed by atoms with Crippen LogP contribution in [0.4, 0.5) is 5.69 Å². The number of methoxy groups -OCH3 is 2. The van der Waals surface area contributed by atoms with E-state index in [1.54, 1.807) is 71.3 Å². The summed E-state index contributed by atoms with van der Waals surface area (Å²) in [5, 5.41) is 11.5. The van der Waals surface area contributed by atoms with Crippen LogP contribution >= 0.6 is 70.2 Å². The van der Waals surface area contributed by atoms with Gasteiger partial charge in [-0.15, -0.1) is 47.0 Å². The third kappa shape index (κ3) is 8.25. The van der Waals surface area contributed by atoms with Crippen LogP contribution in [0.25, 0.3) is 0 Å². The van der Waals surface area contributed by atoms with Gasteiger partial charge in [0.1, 0.15) is 0 Å². The van der Waals surface area contributed by atoms with E-state index in [0.717, 1.165) is 44.3 Å². The molecule has 0 amide bonds. The molecule has 2 aliphatic heterocycles. The van der Waals surface area contributed by atoms with E-state index >= 15 is 0 Å². The zero-order chi connectivity index (χ0) is 27.7. The van der Waals surface area contributed by atoms with Crippen LogP contribution < -0.4 is 0 Å². The molecule has 2 fully saturated rings. The van der Waals surface area contributed by atoms with Crippen LogP contribution in [-0.2, 0) is 19.1 Å². The summed E-state index contributed by atoms with van der Waals surface area (Å²) in [4.78, 5) is 36.2. The first-order chi connectivity index (χ1) is 18.3. The lowest BCUT2D eigenvalue weighted by atomic mass is 9.96. The quantitative estimate of drug-likeness (QED) is 0.124. The number of nitrogens with zero attached hydrogens (tertiary/aromatic N) is 1. The molecule has 0 N–H and O–H groups in total. The van der Waals surface area contributed by atoms with Crippen LogP contribution in [0.3, 0.4) is 0 Å². The lowest BCUT2D eigenvalue weighted by Crippen LogP contribution is -2.10. The molecule has 3 rings (SSSR count). The lowest BCUT2D eigenvalue weighted by molar-refractivity contribution is -0.384. The van der Waals surface area contributed by atoms with Crippen LogP contribution in [0.15, 0.2) is 66.1 Å². The second-order valence-electron chi connectivity index (χ2n) is 7.81. The van der Waals surface area contributed by atoms with Crippen LogP contribution in [0, 0.1) is 10.1 Å². The summed E-state index contributed by atoms with van der Waals surface area (Å²) >= 11 is 19.7. The molecule has 2 aliphatic rings. The minimum Gasteiger partial charge on any atom is -0.465 e. The number of carbonyl (C=O) groups is 2. The third-order valence-corrected chi connectivity index (χ3v) is 11.2. The van der Waals surface area contributed by atoms with Gasteiger partial charge < -0.3 is 9.47 Å². The Hall–Kier alpha value is -1.50. The summed E-state index contributed by atoms with van der Waals surface area (Å²) in [5.74, 6) is 1.67. The molecule has 1 aromatic rings. The average molecular weight is 635 g/mol. The van der Waals surface area contributed by atoms with Crippen molar-refractivity contribution in [2.45, 2.75) is 18.8 Å². The fourth-order valence-electron chi connectivity index (χ4n) is 3.45. The van der Waals surface area contributed by atoms with Gasteiger partial charge in [-0.3, -0.25) is 10.1 Å². The maximum atomic E-state index is 12.7. The number of non-ortho nitro benzene ring substituents is 1. The molecule has 0 aromatic heterocycles. The molecule has 1 aromatic carbocycles. The van der Waals surface area contributed by atoms with Crippen molar-refractivity contribution in [2.24, 2.45) is 0 Å². The first kappa shape index (κ1) is 31.0. The van der Waals surface area contributed by atoms with Crippen LogP contribution in [0.2, 0.25) is 0 Å². The number of nitro benzene ring substituents is 1. The van der Waals surface area contributed by atoms with E-state index < -0.39 is 22.8 Å². The Bertz CT molecular complexity index is 1120. The summed E-state index contributed by atoms with van der Waals surface area (Å²) in [6, 6.07) is 5.94. The van der Waals surface area contributed by atoms with E-state index in [-0.39, 0.29) is 26.9 Å². The number of hydrogen-bond acceptors (Lipinski definition) is 10. The first-order valence-electron chi connectivity index (χ1n) is 11.4. The zero-order valence-corrected chi connectivity index (χ0v) is 25.3. The van der Waals surface area contributed by atoms with Gasteiger partial charge in [0.2, 0.25) is 0 Å². The first-order valence-corrected chi connectivity index (χ1v) is 16.1. The van der Waals surface area contributed by atoms with Gasteiger partial charge in [-0.25, -0.2) is 9.59 Å². The molecule has 38 heavy (non-hydrogen) atoms. The fraction of sp³-hybridized carbons (Fsp3) is 0.360. The number of rotatable bonds is 8. The van der Waals surface area contributed by atoms with Gasteiger partial charge >= 0.3 is 11.9 Å². The Morgan fingerprint density at radius 2 is 1.24 bits per heavy atom. The van der Waals surface area contributed by atoms with Crippen molar-refractivity contribution in [2.75, 3.05) is 37.2 Å². The minimum atomic E-state index is -0.631. The van der Waals surface area contributed by atoms with E-state index in [1.165, 1.54) is 26.4 Å². The van der Waals surface area contributed by atoms with Crippen molar-refractivity contribution < 1.29 is 24.0 Å². The van der Waals surface area contributed by atoms with Crippen LogP contribution in [0.5, 0.6) is 0 Å². The Labute approximate surface area is 248 Å². The van der Waals surface area contributed by atoms with Gasteiger partial charge in [-0.05, 0) is 41.4 Å². The summed E-state index contributed by atoms with van der Waals surface area (Å²) in [6.07, 6.45) is 5.31. The number of ether oxygens (including phenoxy) is 2. The highest BCUT2D eigenvalue weighted by Gasteiger charge is 2.26. The monoisotopic (exact) mass is 633 g/mol. The number of nitro groups is 1. The van der Waals surface area contributed by atoms with Crippen molar-refractivity contribution in [3.8, 4) is 0 Å². The van der Waals surface area contributed by atoms with E-state index in [0.29, 0.717) is 5.56 Å². The van der Waals surface area contributed by atoms with Crippen molar-refractivity contribution >= 4 is 87.9 Å². The van der Waals surface area contributed by atoms with Crippen LogP contribution in [-0.4, -0.2) is 54.1 Å². The number of benzene rings is 1. The van der Waals surface area contributed by atoms with E-state index in [4.69, 9.17) is 32.7 Å². The Morgan fingerprint density at radius 3 is 1.58 bits per heavy atom. The van der Waals surface area contributed by atoms with Gasteiger partial charge in [0.25, 0.3) is 5.69 Å². The van der Waals surface area contributed by atoms with Crippen molar-refractivity contribution in [1.82, 2.24) is 0 Å². The fourth-order valence-corrected chi connectivity index (χ4v) is 9.57. The average Bonchev–Trinajstić information content (AvgIpc) is 2.94. The molecule has 204 valence electrons. The summed E-state index contributed by atoms with van der Waals surface area (Å²) in [5.41, 5.74) is 1.07. The number of hydrogen-bond donors (Lipinski definition) is 0. The SMILES string of the molecule is COC(=O)C(=C1SCCCS1)/C(Cl)=C/C(/C=C(/Cl)C(C(=O)OC)=C1SCCCS1)c1ccc([N+](=O)[O-])cc1. The van der Waals surface area contributed by atoms with Gasteiger partial charge in [-0.1, -0.05) is 47.5 Å². The molecule has 13 heteroatoms. The molecular formula is C25H25Cl2NO6S4. The highest BCUT2D eigenvalue weighted by molar-refractivity contribution is 8.23. The molecule has 7 nitrogen and oxygen atoms in total. The molecule has 0 spiro atoms. The highest BCUT2D eigenvalue weighted by Crippen LogP contribution is 2.43. The minimum absolute atomic E-state index is 0.0719. The Kier molecular flexibility index (Phi) is 12.5. The number of allylic oxidation sites excluding steroid dienone is 2. The Morgan fingerprint density at radius 1 is 0.842 bits per heavy atom. The number of carbonyl (C=O) groups excluding carboxylic acids is 2. The predicted molar refractivity (Wildman–Crippen MR) is 161 cm³/mol. The second kappa shape index (κ2) is 15.3. The normalized spacial score (nSPS) is 17.5. The summed E-state index contributed by atoms with van der Waals surface area (Å²) < 4.78 is 11.6. The predicted octanol–water partition coefficient (Wildman–Crippen LogP) is 7.43. The standard InChI is InChI=1S/C25H25Cl2NO6S4/c1-33-22(29)20(24-35-9-3-10-36-24)18(26)13-16(15-5-7-17(8-6-15)28(31)32)14-19(27)21(23(30)34-2)25-37-11-4-12-38-25/h5-8,13-14,16H,3-4,9-12H2,1-2H3/b18-13-,19-14+. The molecule has 2 heterocycles. The number of thioether (sulfide) groups is 4. The van der Waals surface area contributed by atoms with Crippen LogP contribution in [0.1, 0.15) is 24.3 Å². The largest absolute Gasteiger partial charge is 0.465 e. The molecule has 0 saturated carbocycles. The van der Waals surface area contributed by atoms with Gasteiger partial charge in [0, 0.05) is 18.1 Å². The topological polar surface area (TPSA) is 95.7 Å². The van der Waals surface area contributed by atoms with Gasteiger partial charge in [0.15, 0.2) is 0 Å². The van der Waals surface area contributed by atoms with Crippen molar-refractivity contribution in [1.29, 1.82) is 0 Å². The molecule has 1 atom stereocenters. The second-order valence-corrected chi connectivity index (χ2v) is 13.6. The van der Waals surface area contributed by atoms with E-state index in [1.807, 2.05) is 0 Å². The summed E-state index contributed by atoms with van der Waals surface area (Å²) in [7, 11) is 2.59. The number of halogens is 2. The van der Waals surface area contributed by atoms with Gasteiger partial charge in [0.05, 0.1) is 48.8 Å². The Balaban J connectivity index is 2.15. The van der Waals surface area contributed by atoms with Gasteiger partial charge in [-0.2, -0.15) is 0 Å². The van der Waals surface area contributed by atoms with Crippen molar-refractivity contribution in [3.63, 3.8) is 0 Å². The molecule has 0 radical (unpaired) electrons. The molecule has 0 aliphatic carbocycles. The maximum absolute atomic E-state index is 12.7. The molecule has 2 saturated heterocycles. The van der Waals surface area contributed by atoms with E-state index in [2.05, 4.69) is 0 Å². The number of esters is 2. The molecule has 0 bridgehead atoms.